The van der Waals surface area contributed by atoms with Crippen molar-refractivity contribution in [3.8, 4) is 5.75 Å². The van der Waals surface area contributed by atoms with Crippen LogP contribution < -0.4 is 15.4 Å². The summed E-state index contributed by atoms with van der Waals surface area (Å²) in [5, 5.41) is 4.72. The predicted molar refractivity (Wildman–Crippen MR) is 100 cm³/mol. The lowest BCUT2D eigenvalue weighted by Gasteiger charge is -2.23. The number of hydrogen-bond acceptors (Lipinski definition) is 8. The minimum Gasteiger partial charge on any atom is -0.497 e. The molecule has 0 bridgehead atoms. The zero-order valence-corrected chi connectivity index (χ0v) is 17.2. The fraction of sp³-hybridized carbons (Fsp3) is 0.529. The Labute approximate surface area is 169 Å². The summed E-state index contributed by atoms with van der Waals surface area (Å²) in [5.41, 5.74) is 0. The van der Waals surface area contributed by atoms with Crippen molar-refractivity contribution in [2.24, 2.45) is 0 Å². The zero-order valence-electron chi connectivity index (χ0n) is 16.4. The summed E-state index contributed by atoms with van der Waals surface area (Å²) < 4.78 is 47.1. The molecule has 12 heteroatoms. The van der Waals surface area contributed by atoms with E-state index in [-0.39, 0.29) is 31.1 Å². The molecule has 2 rings (SSSR count). The first kappa shape index (κ1) is 23.0. The van der Waals surface area contributed by atoms with Gasteiger partial charge in [-0.1, -0.05) is 0 Å². The van der Waals surface area contributed by atoms with E-state index in [0.717, 1.165) is 4.31 Å². The summed E-state index contributed by atoms with van der Waals surface area (Å²) in [6.07, 6.45) is -1.61. The monoisotopic (exact) mass is 431 g/mol. The van der Waals surface area contributed by atoms with Gasteiger partial charge in [0.25, 0.3) is 0 Å². The maximum Gasteiger partial charge on any atom is 0.309 e. The number of benzene rings is 1. The minimum atomic E-state index is -3.84. The average Bonchev–Trinajstić information content (AvgIpc) is 3.22. The van der Waals surface area contributed by atoms with Crippen LogP contribution in [0.5, 0.6) is 5.75 Å². The van der Waals surface area contributed by atoms with E-state index >= 15 is 0 Å². The van der Waals surface area contributed by atoms with Crippen LogP contribution in [-0.2, 0) is 33.8 Å². The molecule has 1 saturated heterocycles. The largest absolute Gasteiger partial charge is 0.497 e. The summed E-state index contributed by atoms with van der Waals surface area (Å²) in [6.45, 7) is 0.104. The lowest BCUT2D eigenvalue weighted by Crippen LogP contribution is -2.48. The smallest absolute Gasteiger partial charge is 0.309 e. The number of methoxy groups -OCH3 is 3. The Bertz CT molecular complexity index is 795. The van der Waals surface area contributed by atoms with Crippen LogP contribution in [0.1, 0.15) is 0 Å². The van der Waals surface area contributed by atoms with E-state index in [1.54, 1.807) is 0 Å². The fourth-order valence-corrected chi connectivity index (χ4v) is 4.11. The van der Waals surface area contributed by atoms with Crippen LogP contribution in [0.2, 0.25) is 0 Å². The Morgan fingerprint density at radius 3 is 2.34 bits per heavy atom. The van der Waals surface area contributed by atoms with E-state index in [0.29, 0.717) is 5.75 Å². The van der Waals surface area contributed by atoms with E-state index in [1.165, 1.54) is 45.6 Å². The van der Waals surface area contributed by atoms with Crippen LogP contribution in [0.3, 0.4) is 0 Å². The van der Waals surface area contributed by atoms with Gasteiger partial charge in [-0.15, -0.1) is 0 Å². The van der Waals surface area contributed by atoms with Crippen LogP contribution in [0.4, 0.5) is 0 Å². The molecule has 0 spiro atoms. The topological polar surface area (TPSA) is 132 Å². The molecular weight excluding hydrogens is 406 g/mol. The molecule has 11 nitrogen and oxygen atoms in total. The molecule has 0 unspecified atom stereocenters. The molecule has 0 saturated carbocycles. The van der Waals surface area contributed by atoms with Gasteiger partial charge in [-0.05, 0) is 24.3 Å². The van der Waals surface area contributed by atoms with Gasteiger partial charge in [0.15, 0.2) is 6.29 Å². The molecule has 1 heterocycles. The molecule has 1 atom stereocenters. The SMILES string of the molecule is COc1ccc(S(=O)(=O)N2CCO[C@@H]2CNC(=O)C(=O)NCC(OC)OC)cc1. The van der Waals surface area contributed by atoms with Crippen LogP contribution in [0.25, 0.3) is 0 Å². The first-order valence-corrected chi connectivity index (χ1v) is 10.2. The standard InChI is InChI=1S/C17H25N3O8S/c1-25-12-4-6-13(7-5-12)29(23,24)20-8-9-28-14(20)10-18-16(21)17(22)19-11-15(26-2)27-3/h4-7,14-15H,8-11H2,1-3H3,(H,18,21)(H,19,22)/t14-/m1/s1. The third-order valence-corrected chi connectivity index (χ3v) is 6.11. The van der Waals surface area contributed by atoms with E-state index in [4.69, 9.17) is 18.9 Å². The molecule has 1 aromatic carbocycles. The molecule has 162 valence electrons. The van der Waals surface area contributed by atoms with Gasteiger partial charge in [-0.2, -0.15) is 4.31 Å². The Hall–Kier alpha value is -2.25. The Morgan fingerprint density at radius 2 is 1.76 bits per heavy atom. The molecular formula is C17H25N3O8S. The highest BCUT2D eigenvalue weighted by molar-refractivity contribution is 7.89. The number of nitrogens with one attached hydrogen (secondary N) is 2. The molecule has 2 N–H and O–H groups in total. The fourth-order valence-electron chi connectivity index (χ4n) is 2.60. The van der Waals surface area contributed by atoms with Crippen LogP contribution in [0, 0.1) is 0 Å². The number of amides is 2. The summed E-state index contributed by atoms with van der Waals surface area (Å²) in [7, 11) is 0.439. The number of carbonyl (C=O) groups excluding carboxylic acids is 2. The van der Waals surface area contributed by atoms with Crippen molar-refractivity contribution in [3.05, 3.63) is 24.3 Å². The molecule has 1 fully saturated rings. The summed E-state index contributed by atoms with van der Waals surface area (Å²) >= 11 is 0. The van der Waals surface area contributed by atoms with E-state index < -0.39 is 34.4 Å². The van der Waals surface area contributed by atoms with E-state index in [9.17, 15) is 18.0 Å². The van der Waals surface area contributed by atoms with Gasteiger partial charge in [-0.3, -0.25) is 9.59 Å². The molecule has 2 amide bonds. The molecule has 0 radical (unpaired) electrons. The number of nitrogens with zero attached hydrogens (tertiary/aromatic N) is 1. The second-order valence-corrected chi connectivity index (χ2v) is 7.83. The Kier molecular flexibility index (Phi) is 8.34. The zero-order chi connectivity index (χ0) is 21.4. The lowest BCUT2D eigenvalue weighted by atomic mass is 10.3. The Balaban J connectivity index is 1.94. The number of sulfonamides is 1. The highest BCUT2D eigenvalue weighted by Crippen LogP contribution is 2.23. The molecule has 29 heavy (non-hydrogen) atoms. The second kappa shape index (κ2) is 10.5. The van der Waals surface area contributed by atoms with Gasteiger partial charge < -0.3 is 29.6 Å². The quantitative estimate of drug-likeness (QED) is 0.372. The highest BCUT2D eigenvalue weighted by atomic mass is 32.2. The van der Waals surface area contributed by atoms with Crippen LogP contribution in [0.15, 0.2) is 29.2 Å². The third kappa shape index (κ3) is 5.87. The number of carbonyl (C=O) groups is 2. The first-order chi connectivity index (χ1) is 13.8. The minimum absolute atomic E-state index is 0.0167. The van der Waals surface area contributed by atoms with Gasteiger partial charge in [0.05, 0.1) is 31.7 Å². The van der Waals surface area contributed by atoms with Crippen molar-refractivity contribution in [1.29, 1.82) is 0 Å². The molecule has 1 aromatic rings. The maximum absolute atomic E-state index is 12.9. The van der Waals surface area contributed by atoms with Gasteiger partial charge in [0, 0.05) is 20.8 Å². The van der Waals surface area contributed by atoms with Gasteiger partial charge in [0.2, 0.25) is 10.0 Å². The first-order valence-electron chi connectivity index (χ1n) is 8.72. The van der Waals surface area contributed by atoms with Crippen LogP contribution in [-0.4, -0.2) is 84.6 Å². The summed E-state index contributed by atoms with van der Waals surface area (Å²) in [4.78, 5) is 23.8. The van der Waals surface area contributed by atoms with Crippen molar-refractivity contribution < 1.29 is 37.0 Å². The molecule has 0 aromatic heterocycles. The lowest BCUT2D eigenvalue weighted by molar-refractivity contribution is -0.142. The predicted octanol–water partition coefficient (Wildman–Crippen LogP) is -1.11. The maximum atomic E-state index is 12.9. The number of hydrogen-bond donors (Lipinski definition) is 2. The van der Waals surface area contributed by atoms with Crippen molar-refractivity contribution in [2.75, 3.05) is 47.6 Å². The van der Waals surface area contributed by atoms with E-state index in [1.807, 2.05) is 0 Å². The van der Waals surface area contributed by atoms with Crippen LogP contribution >= 0.6 is 0 Å². The average molecular weight is 431 g/mol. The highest BCUT2D eigenvalue weighted by Gasteiger charge is 2.36. The van der Waals surface area contributed by atoms with Gasteiger partial charge in [0.1, 0.15) is 12.0 Å². The summed E-state index contributed by atoms with van der Waals surface area (Å²) in [6, 6.07) is 5.94. The third-order valence-electron chi connectivity index (χ3n) is 4.21. The van der Waals surface area contributed by atoms with Gasteiger partial charge >= 0.3 is 11.8 Å². The Morgan fingerprint density at radius 1 is 1.14 bits per heavy atom. The second-order valence-electron chi connectivity index (χ2n) is 5.94. The normalized spacial score (nSPS) is 17.3. The molecule has 0 aliphatic carbocycles. The van der Waals surface area contributed by atoms with Crippen molar-refractivity contribution in [3.63, 3.8) is 0 Å². The molecule has 1 aliphatic rings. The van der Waals surface area contributed by atoms with Crippen molar-refractivity contribution in [1.82, 2.24) is 14.9 Å². The van der Waals surface area contributed by atoms with Gasteiger partial charge in [-0.25, -0.2) is 8.42 Å². The number of rotatable bonds is 9. The van der Waals surface area contributed by atoms with Crippen molar-refractivity contribution >= 4 is 21.8 Å². The van der Waals surface area contributed by atoms with Crippen molar-refractivity contribution in [2.45, 2.75) is 17.4 Å². The van der Waals surface area contributed by atoms with E-state index in [2.05, 4.69) is 10.6 Å². The molecule has 1 aliphatic heterocycles. The summed E-state index contributed by atoms with van der Waals surface area (Å²) in [5.74, 6) is -1.29. The number of ether oxygens (including phenoxy) is 4.